The van der Waals surface area contributed by atoms with Crippen molar-refractivity contribution >= 4 is 21.8 Å². The van der Waals surface area contributed by atoms with Gasteiger partial charge in [-0.1, -0.05) is 117 Å². The van der Waals surface area contributed by atoms with Crippen molar-refractivity contribution in [2.45, 2.75) is 19.3 Å². The van der Waals surface area contributed by atoms with Gasteiger partial charge < -0.3 is 4.57 Å². The van der Waals surface area contributed by atoms with E-state index in [1.54, 1.807) is 0 Å². The SMILES string of the molecule is CC1(C)c2ccccc2-c2cc(-c3ccc4c(c3)c3cc(-c5ccccc5)cc(-c5ccccc5)c3n4-c3cccnc3)ccc21. The number of hydrogen-bond acceptors (Lipinski definition) is 1. The van der Waals surface area contributed by atoms with E-state index in [0.717, 1.165) is 5.69 Å². The number of aromatic nitrogens is 2. The standard InChI is InChI=1S/C44H32N2/c1-44(2)40-18-10-9-17-35(40)37-24-31(19-21-41(37)44)32-20-22-42-38(25-32)39-27-33(29-12-5-3-6-13-29)26-36(30-14-7-4-8-15-30)43(39)46(42)34-16-11-23-45-28-34/h3-28H,1-2H3. The second-order valence-corrected chi connectivity index (χ2v) is 12.9. The molecule has 0 fully saturated rings. The fraction of sp³-hybridized carbons (Fsp3) is 0.0682. The van der Waals surface area contributed by atoms with Crippen LogP contribution in [0.3, 0.4) is 0 Å². The maximum atomic E-state index is 4.53. The van der Waals surface area contributed by atoms with Crippen LogP contribution in [-0.4, -0.2) is 9.55 Å². The van der Waals surface area contributed by atoms with Crippen molar-refractivity contribution in [3.8, 4) is 50.2 Å². The molecule has 0 saturated carbocycles. The minimum atomic E-state index is -0.00672. The third kappa shape index (κ3) is 4.00. The molecule has 0 spiro atoms. The molecule has 0 amide bonds. The highest BCUT2D eigenvalue weighted by atomic mass is 15.0. The minimum absolute atomic E-state index is 0.00672. The van der Waals surface area contributed by atoms with E-state index in [-0.39, 0.29) is 5.41 Å². The Bertz CT molecular complexity index is 2420. The summed E-state index contributed by atoms with van der Waals surface area (Å²) in [4.78, 5) is 4.53. The largest absolute Gasteiger partial charge is 0.307 e. The summed E-state index contributed by atoms with van der Waals surface area (Å²) in [6, 6.07) is 53.2. The molecule has 0 unspecified atom stereocenters. The quantitative estimate of drug-likeness (QED) is 0.200. The summed E-state index contributed by atoms with van der Waals surface area (Å²) in [6.07, 6.45) is 3.81. The van der Waals surface area contributed by atoms with E-state index in [9.17, 15) is 0 Å². The summed E-state index contributed by atoms with van der Waals surface area (Å²) in [5.41, 5.74) is 16.2. The average Bonchev–Trinajstić information content (AvgIpc) is 3.57. The van der Waals surface area contributed by atoms with E-state index < -0.39 is 0 Å². The van der Waals surface area contributed by atoms with Gasteiger partial charge in [0.25, 0.3) is 0 Å². The van der Waals surface area contributed by atoms with E-state index in [1.807, 2.05) is 18.5 Å². The molecule has 2 nitrogen and oxygen atoms in total. The maximum Gasteiger partial charge on any atom is 0.0645 e. The first-order chi connectivity index (χ1) is 22.6. The van der Waals surface area contributed by atoms with Crippen LogP contribution in [0.2, 0.25) is 0 Å². The summed E-state index contributed by atoms with van der Waals surface area (Å²) >= 11 is 0. The molecule has 1 aliphatic carbocycles. The molecule has 0 bridgehead atoms. The van der Waals surface area contributed by atoms with Gasteiger partial charge in [-0.2, -0.15) is 0 Å². The highest BCUT2D eigenvalue weighted by Crippen LogP contribution is 2.50. The highest BCUT2D eigenvalue weighted by Gasteiger charge is 2.35. The van der Waals surface area contributed by atoms with Gasteiger partial charge in [0.05, 0.1) is 22.9 Å². The van der Waals surface area contributed by atoms with Crippen molar-refractivity contribution in [3.05, 3.63) is 169 Å². The van der Waals surface area contributed by atoms with E-state index in [1.165, 1.54) is 77.4 Å². The van der Waals surface area contributed by atoms with E-state index in [0.29, 0.717) is 0 Å². The van der Waals surface area contributed by atoms with Crippen LogP contribution in [0, 0.1) is 0 Å². The van der Waals surface area contributed by atoms with Crippen LogP contribution < -0.4 is 0 Å². The molecule has 0 N–H and O–H groups in total. The zero-order valence-electron chi connectivity index (χ0n) is 25.9. The van der Waals surface area contributed by atoms with Gasteiger partial charge in [0.1, 0.15) is 0 Å². The first-order valence-electron chi connectivity index (χ1n) is 16.0. The molecule has 9 rings (SSSR count). The molecule has 218 valence electrons. The van der Waals surface area contributed by atoms with Crippen LogP contribution in [0.5, 0.6) is 0 Å². The molecule has 2 aromatic heterocycles. The van der Waals surface area contributed by atoms with Gasteiger partial charge >= 0.3 is 0 Å². The lowest BCUT2D eigenvalue weighted by Gasteiger charge is -2.21. The number of benzene rings is 6. The number of rotatable bonds is 4. The van der Waals surface area contributed by atoms with Gasteiger partial charge in [0.2, 0.25) is 0 Å². The average molecular weight is 589 g/mol. The van der Waals surface area contributed by atoms with Gasteiger partial charge in [0, 0.05) is 27.9 Å². The lowest BCUT2D eigenvalue weighted by Crippen LogP contribution is -2.14. The molecule has 0 atom stereocenters. The van der Waals surface area contributed by atoms with Crippen LogP contribution >= 0.6 is 0 Å². The Morgan fingerprint density at radius 1 is 0.478 bits per heavy atom. The predicted octanol–water partition coefficient (Wildman–Crippen LogP) is 11.5. The van der Waals surface area contributed by atoms with Gasteiger partial charge in [-0.3, -0.25) is 4.98 Å². The molecule has 46 heavy (non-hydrogen) atoms. The Morgan fingerprint density at radius 2 is 1.13 bits per heavy atom. The molecular weight excluding hydrogens is 556 g/mol. The second-order valence-electron chi connectivity index (χ2n) is 12.9. The second kappa shape index (κ2) is 10.2. The van der Waals surface area contributed by atoms with Crippen LogP contribution in [-0.2, 0) is 5.41 Å². The van der Waals surface area contributed by atoms with Gasteiger partial charge in [0.15, 0.2) is 0 Å². The first-order valence-corrected chi connectivity index (χ1v) is 16.0. The Hall–Kier alpha value is -5.73. The molecule has 8 aromatic rings. The Morgan fingerprint density at radius 3 is 1.91 bits per heavy atom. The van der Waals surface area contributed by atoms with Gasteiger partial charge in [-0.25, -0.2) is 0 Å². The first kappa shape index (κ1) is 26.7. The monoisotopic (exact) mass is 588 g/mol. The van der Waals surface area contributed by atoms with Gasteiger partial charge in [-0.15, -0.1) is 0 Å². The lowest BCUT2D eigenvalue weighted by atomic mass is 9.82. The predicted molar refractivity (Wildman–Crippen MR) is 192 cm³/mol. The number of hydrogen-bond donors (Lipinski definition) is 0. The fourth-order valence-electron chi connectivity index (χ4n) is 7.62. The third-order valence-electron chi connectivity index (χ3n) is 9.87. The summed E-state index contributed by atoms with van der Waals surface area (Å²) in [5, 5.41) is 2.46. The highest BCUT2D eigenvalue weighted by molar-refractivity contribution is 6.16. The zero-order valence-corrected chi connectivity index (χ0v) is 25.9. The lowest BCUT2D eigenvalue weighted by molar-refractivity contribution is 0.660. The van der Waals surface area contributed by atoms with E-state index >= 15 is 0 Å². The zero-order chi connectivity index (χ0) is 30.8. The molecule has 2 heteroatoms. The number of nitrogens with zero attached hydrogens (tertiary/aromatic N) is 2. The Labute approximate surface area is 269 Å². The fourth-order valence-corrected chi connectivity index (χ4v) is 7.62. The molecular formula is C44H32N2. The van der Waals surface area contributed by atoms with Crippen molar-refractivity contribution < 1.29 is 0 Å². The summed E-state index contributed by atoms with van der Waals surface area (Å²) in [7, 11) is 0. The normalized spacial score (nSPS) is 13.2. The molecule has 0 saturated heterocycles. The Kier molecular flexibility index (Phi) is 5.88. The minimum Gasteiger partial charge on any atom is -0.307 e. The van der Waals surface area contributed by atoms with Crippen molar-refractivity contribution in [1.82, 2.24) is 9.55 Å². The molecule has 0 aliphatic heterocycles. The number of fused-ring (bicyclic) bond motifs is 6. The van der Waals surface area contributed by atoms with Crippen LogP contribution in [0.1, 0.15) is 25.0 Å². The van der Waals surface area contributed by atoms with Crippen molar-refractivity contribution in [3.63, 3.8) is 0 Å². The van der Waals surface area contributed by atoms with Crippen molar-refractivity contribution in [1.29, 1.82) is 0 Å². The topological polar surface area (TPSA) is 17.8 Å². The van der Waals surface area contributed by atoms with Crippen molar-refractivity contribution in [2.75, 3.05) is 0 Å². The Balaban J connectivity index is 1.34. The smallest absolute Gasteiger partial charge is 0.0645 e. The molecule has 0 radical (unpaired) electrons. The van der Waals surface area contributed by atoms with Crippen molar-refractivity contribution in [2.24, 2.45) is 0 Å². The summed E-state index contributed by atoms with van der Waals surface area (Å²) < 4.78 is 2.39. The molecule has 2 heterocycles. The van der Waals surface area contributed by atoms with Crippen LogP contribution in [0.4, 0.5) is 0 Å². The van der Waals surface area contributed by atoms with E-state index in [2.05, 4.69) is 163 Å². The van der Waals surface area contributed by atoms with Crippen LogP contribution in [0.15, 0.2) is 158 Å². The molecule has 1 aliphatic rings. The van der Waals surface area contributed by atoms with E-state index in [4.69, 9.17) is 0 Å². The van der Waals surface area contributed by atoms with Gasteiger partial charge in [-0.05, 0) is 92.5 Å². The third-order valence-corrected chi connectivity index (χ3v) is 9.87. The summed E-state index contributed by atoms with van der Waals surface area (Å²) in [5.74, 6) is 0. The maximum absolute atomic E-state index is 4.53. The molecule has 6 aromatic carbocycles. The van der Waals surface area contributed by atoms with Crippen LogP contribution in [0.25, 0.3) is 72.0 Å². The number of pyridine rings is 1. The summed E-state index contributed by atoms with van der Waals surface area (Å²) in [6.45, 7) is 4.68.